The Bertz CT molecular complexity index is 1050. The summed E-state index contributed by atoms with van der Waals surface area (Å²) < 4.78 is 41.8. The van der Waals surface area contributed by atoms with Crippen molar-refractivity contribution in [2.24, 2.45) is 0 Å². The van der Waals surface area contributed by atoms with E-state index in [1.54, 1.807) is 31.5 Å². The molecule has 0 bridgehead atoms. The molecule has 0 N–H and O–H groups in total. The van der Waals surface area contributed by atoms with Crippen molar-refractivity contribution in [2.75, 3.05) is 13.7 Å². The highest BCUT2D eigenvalue weighted by Crippen LogP contribution is 2.31. The Kier molecular flexibility index (Phi) is 7.37. The topological polar surface area (TPSA) is 62.6 Å². The maximum Gasteiger partial charge on any atom is 0.387 e. The van der Waals surface area contributed by atoms with Crippen LogP contribution in [0.2, 0.25) is 0 Å². The van der Waals surface area contributed by atoms with Crippen LogP contribution < -0.4 is 9.47 Å². The number of hydrogen-bond donors (Lipinski definition) is 0. The van der Waals surface area contributed by atoms with Crippen molar-refractivity contribution in [2.45, 2.75) is 20.1 Å². The molecule has 8 heteroatoms. The van der Waals surface area contributed by atoms with E-state index in [0.717, 1.165) is 5.56 Å². The first-order valence-corrected chi connectivity index (χ1v) is 9.59. The van der Waals surface area contributed by atoms with E-state index in [-0.39, 0.29) is 23.7 Å². The molecule has 1 aromatic heterocycles. The average Bonchev–Trinajstić information content (AvgIpc) is 3.21. The first-order chi connectivity index (χ1) is 15.0. The monoisotopic (exact) mass is 428 g/mol. The van der Waals surface area contributed by atoms with Gasteiger partial charge in [0, 0.05) is 18.9 Å². The number of carbonyl (C=O) groups excluding carboxylic acids is 1. The van der Waals surface area contributed by atoms with Crippen LogP contribution in [-0.4, -0.2) is 35.8 Å². The minimum absolute atomic E-state index is 0.0992. The molecule has 1 heterocycles. The zero-order valence-electron chi connectivity index (χ0n) is 17.1. The molecule has 0 fully saturated rings. The lowest BCUT2D eigenvalue weighted by atomic mass is 10.1. The molecule has 0 radical (unpaired) electrons. The van der Waals surface area contributed by atoms with E-state index < -0.39 is 12.6 Å². The zero-order valence-corrected chi connectivity index (χ0v) is 17.1. The average molecular weight is 428 g/mol. The molecule has 162 valence electrons. The van der Waals surface area contributed by atoms with Crippen LogP contribution in [0.1, 0.15) is 23.9 Å². The van der Waals surface area contributed by atoms with Gasteiger partial charge in [0.2, 0.25) is 0 Å². The fraction of sp³-hybridized carbons (Fsp3) is 0.217. The smallest absolute Gasteiger partial charge is 0.387 e. The highest BCUT2D eigenvalue weighted by molar-refractivity contribution is 6.20. The van der Waals surface area contributed by atoms with E-state index in [0.29, 0.717) is 17.9 Å². The van der Waals surface area contributed by atoms with E-state index in [4.69, 9.17) is 9.47 Å². The maximum absolute atomic E-state index is 12.7. The molecule has 0 spiro atoms. The maximum atomic E-state index is 12.7. The highest BCUT2D eigenvalue weighted by atomic mass is 19.3. The molecule has 0 aliphatic carbocycles. The molecule has 31 heavy (non-hydrogen) atoms. The largest absolute Gasteiger partial charge is 0.493 e. The summed E-state index contributed by atoms with van der Waals surface area (Å²) in [7, 11) is 1.35. The van der Waals surface area contributed by atoms with Gasteiger partial charge in [0.1, 0.15) is 11.4 Å². The Balaban J connectivity index is 2.00. The highest BCUT2D eigenvalue weighted by Gasteiger charge is 2.19. The van der Waals surface area contributed by atoms with Gasteiger partial charge < -0.3 is 18.8 Å². The van der Waals surface area contributed by atoms with Gasteiger partial charge >= 0.3 is 12.6 Å². The minimum atomic E-state index is -2.98. The van der Waals surface area contributed by atoms with Crippen molar-refractivity contribution in [3.63, 3.8) is 0 Å². The van der Waals surface area contributed by atoms with Gasteiger partial charge in [-0.25, -0.2) is 9.78 Å². The van der Waals surface area contributed by atoms with Gasteiger partial charge in [0.15, 0.2) is 11.5 Å². The van der Waals surface area contributed by atoms with Crippen LogP contribution in [-0.2, 0) is 16.1 Å². The van der Waals surface area contributed by atoms with Crippen LogP contribution in [0.15, 0.2) is 60.9 Å². The Morgan fingerprint density at radius 2 is 1.94 bits per heavy atom. The lowest BCUT2D eigenvalue weighted by Crippen LogP contribution is -2.12. The van der Waals surface area contributed by atoms with Gasteiger partial charge in [-0.15, -0.1) is 0 Å². The summed E-state index contributed by atoms with van der Waals surface area (Å²) in [5.74, 6) is -0.105. The summed E-state index contributed by atoms with van der Waals surface area (Å²) in [5.41, 5.74) is 1.81. The number of halogens is 2. The number of alkyl halides is 2. The molecule has 0 aliphatic heterocycles. The third-order valence-electron chi connectivity index (χ3n) is 4.36. The number of imidazole rings is 1. The number of esters is 1. The predicted octanol–water partition coefficient (Wildman–Crippen LogP) is 4.65. The summed E-state index contributed by atoms with van der Waals surface area (Å²) in [6, 6.07) is 14.2. The number of hydrogen-bond acceptors (Lipinski definition) is 5. The second-order valence-electron chi connectivity index (χ2n) is 6.43. The van der Waals surface area contributed by atoms with Gasteiger partial charge in [0.25, 0.3) is 0 Å². The van der Waals surface area contributed by atoms with E-state index in [2.05, 4.69) is 9.72 Å². The van der Waals surface area contributed by atoms with Gasteiger partial charge in [-0.3, -0.25) is 0 Å². The standard InChI is InChI=1S/C23H22F2N2O4/c1-3-30-22(28)18(13-17-9-10-19(31-23(24)25)20(14-17)29-2)21-26-11-12-27(21)15-16-7-5-4-6-8-16/h4-14,23H,3,15H2,1-2H3/b18-13+. The van der Waals surface area contributed by atoms with E-state index in [1.165, 1.54) is 19.2 Å². The quantitative estimate of drug-likeness (QED) is 0.367. The molecular formula is C23H22F2N2O4. The zero-order chi connectivity index (χ0) is 22.2. The number of methoxy groups -OCH3 is 1. The van der Waals surface area contributed by atoms with Crippen molar-refractivity contribution >= 4 is 17.6 Å². The van der Waals surface area contributed by atoms with Crippen LogP contribution in [0, 0.1) is 0 Å². The predicted molar refractivity (Wildman–Crippen MR) is 112 cm³/mol. The molecule has 0 saturated carbocycles. The van der Waals surface area contributed by atoms with Crippen LogP contribution in [0.25, 0.3) is 11.6 Å². The van der Waals surface area contributed by atoms with Crippen LogP contribution in [0.5, 0.6) is 11.5 Å². The molecule has 6 nitrogen and oxygen atoms in total. The number of aromatic nitrogens is 2. The fourth-order valence-electron chi connectivity index (χ4n) is 3.02. The minimum Gasteiger partial charge on any atom is -0.493 e. The van der Waals surface area contributed by atoms with Gasteiger partial charge in [-0.05, 0) is 36.3 Å². The van der Waals surface area contributed by atoms with Crippen LogP contribution in [0.4, 0.5) is 8.78 Å². The fourth-order valence-corrected chi connectivity index (χ4v) is 3.02. The van der Waals surface area contributed by atoms with Crippen molar-refractivity contribution in [3.8, 4) is 11.5 Å². The molecule has 0 aliphatic rings. The summed E-state index contributed by atoms with van der Waals surface area (Å²) >= 11 is 0. The molecule has 3 rings (SSSR count). The second kappa shape index (κ2) is 10.4. The number of ether oxygens (including phenoxy) is 3. The Hall–Kier alpha value is -3.68. The van der Waals surface area contributed by atoms with Crippen LogP contribution >= 0.6 is 0 Å². The molecule has 0 atom stereocenters. The molecular weight excluding hydrogens is 406 g/mol. The van der Waals surface area contributed by atoms with Crippen molar-refractivity contribution < 1.29 is 27.8 Å². The Labute approximate surface area is 178 Å². The number of rotatable bonds is 9. The van der Waals surface area contributed by atoms with Gasteiger partial charge in [0.05, 0.1) is 13.7 Å². The Morgan fingerprint density at radius 3 is 2.61 bits per heavy atom. The summed E-state index contributed by atoms with van der Waals surface area (Å²) in [6.07, 6.45) is 4.96. The number of nitrogens with zero attached hydrogens (tertiary/aromatic N) is 2. The van der Waals surface area contributed by atoms with E-state index in [9.17, 15) is 13.6 Å². The molecule has 0 unspecified atom stereocenters. The third-order valence-corrected chi connectivity index (χ3v) is 4.36. The SMILES string of the molecule is CCOC(=O)/C(=C/c1ccc(OC(F)F)c(OC)c1)c1nccn1Cc1ccccc1. The Morgan fingerprint density at radius 1 is 1.16 bits per heavy atom. The summed E-state index contributed by atoms with van der Waals surface area (Å²) in [6.45, 7) is -0.556. The lowest BCUT2D eigenvalue weighted by molar-refractivity contribution is -0.136. The van der Waals surface area contributed by atoms with E-state index in [1.807, 2.05) is 34.9 Å². The van der Waals surface area contributed by atoms with Crippen molar-refractivity contribution in [1.29, 1.82) is 0 Å². The molecule has 0 amide bonds. The van der Waals surface area contributed by atoms with Crippen LogP contribution in [0.3, 0.4) is 0 Å². The number of carbonyl (C=O) groups is 1. The number of benzene rings is 2. The first kappa shape index (κ1) is 22.0. The second-order valence-corrected chi connectivity index (χ2v) is 6.43. The third kappa shape index (κ3) is 5.69. The van der Waals surface area contributed by atoms with E-state index >= 15 is 0 Å². The molecule has 2 aromatic carbocycles. The molecule has 3 aromatic rings. The normalized spacial score (nSPS) is 11.5. The summed E-state index contributed by atoms with van der Waals surface area (Å²) in [4.78, 5) is 17.1. The van der Waals surface area contributed by atoms with Crippen molar-refractivity contribution in [1.82, 2.24) is 9.55 Å². The lowest BCUT2D eigenvalue weighted by Gasteiger charge is -2.12. The summed E-state index contributed by atoms with van der Waals surface area (Å²) in [5, 5.41) is 0. The van der Waals surface area contributed by atoms with Gasteiger partial charge in [-0.1, -0.05) is 36.4 Å². The van der Waals surface area contributed by atoms with Gasteiger partial charge in [-0.2, -0.15) is 8.78 Å². The molecule has 0 saturated heterocycles. The first-order valence-electron chi connectivity index (χ1n) is 9.59. The van der Waals surface area contributed by atoms with Crippen molar-refractivity contribution in [3.05, 3.63) is 77.9 Å².